The Balaban J connectivity index is 1.81. The van der Waals surface area contributed by atoms with Gasteiger partial charge in [0.1, 0.15) is 11.3 Å². The molecule has 0 atom stereocenters. The van der Waals surface area contributed by atoms with Gasteiger partial charge in [0.15, 0.2) is 0 Å². The van der Waals surface area contributed by atoms with Crippen molar-refractivity contribution in [1.29, 1.82) is 0 Å². The molecule has 28 heavy (non-hydrogen) atoms. The zero-order valence-electron chi connectivity index (χ0n) is 15.3. The molecule has 6 heteroatoms. The van der Waals surface area contributed by atoms with Crippen molar-refractivity contribution in [3.8, 4) is 5.75 Å². The number of aromatic nitrogens is 1. The summed E-state index contributed by atoms with van der Waals surface area (Å²) in [6.07, 6.45) is 3.40. The van der Waals surface area contributed by atoms with Crippen molar-refractivity contribution in [2.75, 3.05) is 7.11 Å². The summed E-state index contributed by atoms with van der Waals surface area (Å²) in [6, 6.07) is 13.2. The molecule has 1 N–H and O–H groups in total. The van der Waals surface area contributed by atoms with Crippen LogP contribution in [0.2, 0.25) is 0 Å². The van der Waals surface area contributed by atoms with Gasteiger partial charge in [0.05, 0.1) is 24.5 Å². The number of imide groups is 1. The van der Waals surface area contributed by atoms with Gasteiger partial charge in [-0.05, 0) is 18.2 Å². The quantitative estimate of drug-likeness (QED) is 0.559. The molecular formula is C22H16N2O4. The standard InChI is InChI=1S/C22H16N2O4/c1-24-10-15(13-5-3-4-6-17(13)24)19-20(22(26)23-21(19)25)16-11-28-18-9-12(27-2)7-8-14(16)18/h3-11H,1-2H3,(H,23,25,26). The summed E-state index contributed by atoms with van der Waals surface area (Å²) in [5.41, 5.74) is 3.57. The van der Waals surface area contributed by atoms with Crippen molar-refractivity contribution >= 4 is 44.8 Å². The minimum absolute atomic E-state index is 0.324. The molecule has 0 saturated heterocycles. The summed E-state index contributed by atoms with van der Waals surface area (Å²) >= 11 is 0. The largest absolute Gasteiger partial charge is 0.497 e. The first-order valence-corrected chi connectivity index (χ1v) is 8.78. The van der Waals surface area contributed by atoms with Gasteiger partial charge < -0.3 is 13.7 Å². The lowest BCUT2D eigenvalue weighted by Gasteiger charge is -2.03. The van der Waals surface area contributed by atoms with Crippen LogP contribution in [-0.2, 0) is 16.6 Å². The Kier molecular flexibility index (Phi) is 3.42. The number of methoxy groups -OCH3 is 1. The number of ether oxygens (including phenoxy) is 1. The molecule has 0 aliphatic carbocycles. The van der Waals surface area contributed by atoms with Gasteiger partial charge in [-0.2, -0.15) is 0 Å². The van der Waals surface area contributed by atoms with E-state index < -0.39 is 11.8 Å². The molecule has 2 aromatic heterocycles. The second-order valence-electron chi connectivity index (χ2n) is 6.72. The zero-order valence-corrected chi connectivity index (χ0v) is 15.3. The Morgan fingerprint density at radius 3 is 2.50 bits per heavy atom. The highest BCUT2D eigenvalue weighted by molar-refractivity contribution is 6.50. The second kappa shape index (κ2) is 5.85. The van der Waals surface area contributed by atoms with Crippen LogP contribution in [0.4, 0.5) is 0 Å². The zero-order chi connectivity index (χ0) is 19.4. The van der Waals surface area contributed by atoms with Crippen LogP contribution in [0.15, 0.2) is 59.3 Å². The Hall–Kier alpha value is -3.80. The minimum Gasteiger partial charge on any atom is -0.497 e. The number of furan rings is 1. The first-order chi connectivity index (χ1) is 13.6. The molecule has 4 aromatic rings. The predicted octanol–water partition coefficient (Wildman–Crippen LogP) is 3.50. The molecule has 1 aliphatic rings. The molecule has 2 aromatic carbocycles. The van der Waals surface area contributed by atoms with Crippen molar-refractivity contribution in [2.45, 2.75) is 0 Å². The van der Waals surface area contributed by atoms with Crippen LogP contribution in [0.3, 0.4) is 0 Å². The van der Waals surface area contributed by atoms with Gasteiger partial charge in [0, 0.05) is 46.7 Å². The number of hydrogen-bond acceptors (Lipinski definition) is 4. The minimum atomic E-state index is -0.425. The summed E-state index contributed by atoms with van der Waals surface area (Å²) in [7, 11) is 3.50. The number of amides is 2. The van der Waals surface area contributed by atoms with Crippen molar-refractivity contribution < 1.29 is 18.7 Å². The van der Waals surface area contributed by atoms with Gasteiger partial charge in [-0.25, -0.2) is 0 Å². The van der Waals surface area contributed by atoms with Crippen molar-refractivity contribution in [3.05, 3.63) is 66.1 Å². The number of nitrogens with one attached hydrogen (secondary N) is 1. The molecule has 0 fully saturated rings. The molecule has 0 bridgehead atoms. The number of carbonyl (C=O) groups is 2. The summed E-state index contributed by atoms with van der Waals surface area (Å²) in [6.45, 7) is 0. The topological polar surface area (TPSA) is 73.5 Å². The molecular weight excluding hydrogens is 356 g/mol. The molecule has 0 unspecified atom stereocenters. The van der Waals surface area contributed by atoms with Crippen LogP contribution in [0.1, 0.15) is 11.1 Å². The Bertz CT molecular complexity index is 1320. The number of fused-ring (bicyclic) bond motifs is 2. The lowest BCUT2D eigenvalue weighted by Crippen LogP contribution is -2.22. The molecule has 138 valence electrons. The maximum absolute atomic E-state index is 12.7. The van der Waals surface area contributed by atoms with Crippen LogP contribution in [0.25, 0.3) is 33.0 Å². The fourth-order valence-corrected chi connectivity index (χ4v) is 3.84. The van der Waals surface area contributed by atoms with E-state index in [0.29, 0.717) is 28.0 Å². The van der Waals surface area contributed by atoms with Crippen molar-refractivity contribution in [3.63, 3.8) is 0 Å². The third-order valence-electron chi connectivity index (χ3n) is 5.15. The first kappa shape index (κ1) is 16.4. The first-order valence-electron chi connectivity index (χ1n) is 8.78. The highest BCUT2D eigenvalue weighted by Crippen LogP contribution is 2.39. The van der Waals surface area contributed by atoms with E-state index >= 15 is 0 Å². The number of aryl methyl sites for hydroxylation is 1. The second-order valence-corrected chi connectivity index (χ2v) is 6.72. The maximum atomic E-state index is 12.7. The number of para-hydroxylation sites is 1. The third-order valence-corrected chi connectivity index (χ3v) is 5.15. The van der Waals surface area contributed by atoms with E-state index in [9.17, 15) is 9.59 Å². The molecule has 2 amide bonds. The van der Waals surface area contributed by atoms with Crippen molar-refractivity contribution in [2.24, 2.45) is 7.05 Å². The van der Waals surface area contributed by atoms with E-state index in [0.717, 1.165) is 21.9 Å². The summed E-state index contributed by atoms with van der Waals surface area (Å²) in [4.78, 5) is 25.4. The lowest BCUT2D eigenvalue weighted by atomic mass is 9.95. The number of carbonyl (C=O) groups excluding carboxylic acids is 2. The van der Waals surface area contributed by atoms with Gasteiger partial charge in [-0.3, -0.25) is 14.9 Å². The van der Waals surface area contributed by atoms with Gasteiger partial charge in [0.2, 0.25) is 0 Å². The van der Waals surface area contributed by atoms with E-state index in [4.69, 9.17) is 9.15 Å². The van der Waals surface area contributed by atoms with E-state index in [2.05, 4.69) is 5.32 Å². The molecule has 0 spiro atoms. The smallest absolute Gasteiger partial charge is 0.259 e. The average Bonchev–Trinajstić information content (AvgIpc) is 3.34. The maximum Gasteiger partial charge on any atom is 0.259 e. The van der Waals surface area contributed by atoms with Crippen molar-refractivity contribution in [1.82, 2.24) is 9.88 Å². The van der Waals surface area contributed by atoms with Gasteiger partial charge in [-0.15, -0.1) is 0 Å². The fraction of sp³-hybridized carbons (Fsp3) is 0.0909. The molecule has 1 aliphatic heterocycles. The SMILES string of the molecule is COc1ccc2c(C3=C(c4cn(C)c5ccccc45)C(=O)NC3=O)coc2c1. The third kappa shape index (κ3) is 2.21. The Morgan fingerprint density at radius 1 is 0.964 bits per heavy atom. The average molecular weight is 372 g/mol. The Morgan fingerprint density at radius 2 is 1.71 bits per heavy atom. The molecule has 3 heterocycles. The van der Waals surface area contributed by atoms with E-state index in [-0.39, 0.29) is 0 Å². The van der Waals surface area contributed by atoms with Gasteiger partial charge in [0.25, 0.3) is 11.8 Å². The van der Waals surface area contributed by atoms with E-state index in [1.54, 1.807) is 19.2 Å². The summed E-state index contributed by atoms with van der Waals surface area (Å²) in [5.74, 6) is -0.172. The summed E-state index contributed by atoms with van der Waals surface area (Å²) in [5, 5.41) is 4.10. The fourth-order valence-electron chi connectivity index (χ4n) is 3.84. The molecule has 6 nitrogen and oxygen atoms in total. The normalized spacial score (nSPS) is 14.4. The summed E-state index contributed by atoms with van der Waals surface area (Å²) < 4.78 is 12.8. The van der Waals surface area contributed by atoms with Crippen LogP contribution in [0, 0.1) is 0 Å². The van der Waals surface area contributed by atoms with E-state index in [1.165, 1.54) is 6.26 Å². The monoisotopic (exact) mass is 372 g/mol. The number of rotatable bonds is 3. The highest BCUT2D eigenvalue weighted by Gasteiger charge is 2.35. The lowest BCUT2D eigenvalue weighted by molar-refractivity contribution is -0.122. The van der Waals surface area contributed by atoms with Crippen LogP contribution in [0.5, 0.6) is 5.75 Å². The molecule has 0 radical (unpaired) electrons. The van der Waals surface area contributed by atoms with Crippen LogP contribution in [-0.4, -0.2) is 23.5 Å². The van der Waals surface area contributed by atoms with Crippen LogP contribution < -0.4 is 10.1 Å². The molecule has 5 rings (SSSR count). The predicted molar refractivity (Wildman–Crippen MR) is 106 cm³/mol. The number of hydrogen-bond donors (Lipinski definition) is 1. The van der Waals surface area contributed by atoms with Crippen LogP contribution >= 0.6 is 0 Å². The van der Waals surface area contributed by atoms with Gasteiger partial charge >= 0.3 is 0 Å². The molecule has 0 saturated carbocycles. The number of nitrogens with zero attached hydrogens (tertiary/aromatic N) is 1. The van der Waals surface area contributed by atoms with E-state index in [1.807, 2.05) is 48.1 Å². The Labute approximate surface area is 160 Å². The highest BCUT2D eigenvalue weighted by atomic mass is 16.5. The number of benzene rings is 2. The van der Waals surface area contributed by atoms with Gasteiger partial charge in [-0.1, -0.05) is 18.2 Å².